The van der Waals surface area contributed by atoms with E-state index >= 15 is 0 Å². The van der Waals surface area contributed by atoms with Crippen LogP contribution in [0, 0.1) is 0 Å². The minimum atomic E-state index is -0.145. The number of fused-ring (bicyclic) bond motifs is 1. The zero-order valence-corrected chi connectivity index (χ0v) is 12.8. The highest BCUT2D eigenvalue weighted by Gasteiger charge is 2.27. The van der Waals surface area contributed by atoms with Crippen LogP contribution in [0.1, 0.15) is 11.7 Å². The number of morpholine rings is 1. The van der Waals surface area contributed by atoms with E-state index in [1.807, 2.05) is 42.5 Å². The molecule has 2 heterocycles. The highest BCUT2D eigenvalue weighted by atomic mass is 16.5. The number of furan rings is 1. The number of benzene rings is 2. The Balaban J connectivity index is 1.63. The molecule has 0 radical (unpaired) electrons. The molecule has 2 aromatic carbocycles. The molecule has 2 atom stereocenters. The molecule has 1 N–H and O–H groups in total. The lowest BCUT2D eigenvalue weighted by Gasteiger charge is -2.31. The van der Waals surface area contributed by atoms with Gasteiger partial charge in [0.1, 0.15) is 17.4 Å². The SMILES string of the molecule is c1ccc(C(Oc2ccc3occc3c2)C2CNCCO2)cc1. The van der Waals surface area contributed by atoms with Crippen LogP contribution < -0.4 is 10.1 Å². The Bertz CT molecular complexity index is 762. The summed E-state index contributed by atoms with van der Waals surface area (Å²) in [4.78, 5) is 0. The Morgan fingerprint density at radius 2 is 2.00 bits per heavy atom. The fourth-order valence-corrected chi connectivity index (χ4v) is 2.95. The quantitative estimate of drug-likeness (QED) is 0.800. The van der Waals surface area contributed by atoms with Gasteiger partial charge in [0.05, 0.1) is 12.9 Å². The second kappa shape index (κ2) is 6.44. The second-order valence-corrected chi connectivity index (χ2v) is 5.68. The van der Waals surface area contributed by atoms with Crippen molar-refractivity contribution < 1.29 is 13.9 Å². The number of nitrogens with one attached hydrogen (secondary N) is 1. The molecule has 0 bridgehead atoms. The molecule has 23 heavy (non-hydrogen) atoms. The van der Waals surface area contributed by atoms with Gasteiger partial charge in [0.2, 0.25) is 0 Å². The van der Waals surface area contributed by atoms with Gasteiger partial charge in [0, 0.05) is 18.5 Å². The first-order valence-corrected chi connectivity index (χ1v) is 7.91. The molecule has 2 unspecified atom stereocenters. The van der Waals surface area contributed by atoms with E-state index in [4.69, 9.17) is 13.9 Å². The highest BCUT2D eigenvalue weighted by molar-refractivity contribution is 5.78. The van der Waals surface area contributed by atoms with Gasteiger partial charge in [-0.05, 0) is 29.8 Å². The first-order valence-electron chi connectivity index (χ1n) is 7.91. The molecule has 4 nitrogen and oxygen atoms in total. The fraction of sp³-hybridized carbons (Fsp3) is 0.263. The molecule has 0 spiro atoms. The van der Waals surface area contributed by atoms with E-state index in [0.717, 1.165) is 35.4 Å². The van der Waals surface area contributed by atoms with Crippen LogP contribution in [-0.2, 0) is 4.74 Å². The van der Waals surface area contributed by atoms with E-state index in [-0.39, 0.29) is 12.2 Å². The molecule has 1 saturated heterocycles. The average Bonchev–Trinajstić information content (AvgIpc) is 3.09. The minimum Gasteiger partial charge on any atom is -0.483 e. The number of hydrogen-bond acceptors (Lipinski definition) is 4. The van der Waals surface area contributed by atoms with Crippen LogP contribution in [0.3, 0.4) is 0 Å². The lowest BCUT2D eigenvalue weighted by atomic mass is 10.0. The van der Waals surface area contributed by atoms with Gasteiger partial charge in [0.15, 0.2) is 6.10 Å². The summed E-state index contributed by atoms with van der Waals surface area (Å²) in [6.45, 7) is 2.38. The molecule has 1 aliphatic rings. The summed E-state index contributed by atoms with van der Waals surface area (Å²) in [5, 5.41) is 4.42. The smallest absolute Gasteiger partial charge is 0.151 e. The van der Waals surface area contributed by atoms with Crippen LogP contribution in [0.25, 0.3) is 11.0 Å². The van der Waals surface area contributed by atoms with Gasteiger partial charge in [-0.1, -0.05) is 30.3 Å². The monoisotopic (exact) mass is 309 g/mol. The number of ether oxygens (including phenoxy) is 2. The van der Waals surface area contributed by atoms with Crippen molar-refractivity contribution >= 4 is 11.0 Å². The lowest BCUT2D eigenvalue weighted by molar-refractivity contribution is -0.0432. The summed E-state index contributed by atoms with van der Waals surface area (Å²) in [5.41, 5.74) is 1.98. The maximum atomic E-state index is 6.31. The van der Waals surface area contributed by atoms with Crippen molar-refractivity contribution in [2.45, 2.75) is 12.2 Å². The van der Waals surface area contributed by atoms with Gasteiger partial charge in [-0.15, -0.1) is 0 Å². The second-order valence-electron chi connectivity index (χ2n) is 5.68. The molecule has 1 fully saturated rings. The van der Waals surface area contributed by atoms with Gasteiger partial charge in [0.25, 0.3) is 0 Å². The van der Waals surface area contributed by atoms with Crippen LogP contribution in [0.2, 0.25) is 0 Å². The van der Waals surface area contributed by atoms with Gasteiger partial charge < -0.3 is 19.2 Å². The van der Waals surface area contributed by atoms with E-state index in [1.165, 1.54) is 0 Å². The Hall–Kier alpha value is -2.30. The number of hydrogen-bond donors (Lipinski definition) is 1. The van der Waals surface area contributed by atoms with Crippen molar-refractivity contribution in [2.75, 3.05) is 19.7 Å². The van der Waals surface area contributed by atoms with Crippen LogP contribution in [0.4, 0.5) is 0 Å². The predicted octanol–water partition coefficient (Wildman–Crippen LogP) is 3.54. The van der Waals surface area contributed by atoms with Crippen LogP contribution >= 0.6 is 0 Å². The third-order valence-corrected chi connectivity index (χ3v) is 4.11. The molecule has 1 aliphatic heterocycles. The molecule has 4 heteroatoms. The third kappa shape index (κ3) is 3.09. The van der Waals surface area contributed by atoms with Crippen LogP contribution in [-0.4, -0.2) is 25.8 Å². The van der Waals surface area contributed by atoms with E-state index in [9.17, 15) is 0 Å². The van der Waals surface area contributed by atoms with Crippen molar-refractivity contribution in [2.24, 2.45) is 0 Å². The number of rotatable bonds is 4. The van der Waals surface area contributed by atoms with E-state index in [0.29, 0.717) is 6.61 Å². The molecule has 0 aliphatic carbocycles. The summed E-state index contributed by atoms with van der Waals surface area (Å²) in [5.74, 6) is 0.821. The standard InChI is InChI=1S/C19H19NO3/c1-2-4-14(5-3-1)19(18-13-20-9-11-22-18)23-16-6-7-17-15(12-16)8-10-21-17/h1-8,10,12,18-20H,9,11,13H2. The molecular formula is C19H19NO3. The maximum Gasteiger partial charge on any atom is 0.151 e. The third-order valence-electron chi connectivity index (χ3n) is 4.11. The van der Waals surface area contributed by atoms with Crippen molar-refractivity contribution in [1.29, 1.82) is 0 Å². The first kappa shape index (κ1) is 14.3. The molecule has 0 amide bonds. The Morgan fingerprint density at radius 1 is 1.09 bits per heavy atom. The first-order chi connectivity index (χ1) is 11.4. The summed E-state index contributed by atoms with van der Waals surface area (Å²) in [6, 6.07) is 18.1. The zero-order chi connectivity index (χ0) is 15.5. The molecule has 0 saturated carbocycles. The Labute approximate surface area is 135 Å². The normalized spacial score (nSPS) is 19.6. The summed E-state index contributed by atoms with van der Waals surface area (Å²) < 4.78 is 17.6. The van der Waals surface area contributed by atoms with Crippen molar-refractivity contribution in [3.63, 3.8) is 0 Å². The summed E-state index contributed by atoms with van der Waals surface area (Å²) >= 11 is 0. The fourth-order valence-electron chi connectivity index (χ4n) is 2.95. The van der Waals surface area contributed by atoms with Crippen molar-refractivity contribution in [3.8, 4) is 5.75 Å². The summed E-state index contributed by atoms with van der Waals surface area (Å²) in [7, 11) is 0. The van der Waals surface area contributed by atoms with Crippen molar-refractivity contribution in [3.05, 3.63) is 66.4 Å². The Kier molecular flexibility index (Phi) is 4.01. The largest absolute Gasteiger partial charge is 0.483 e. The lowest BCUT2D eigenvalue weighted by Crippen LogP contribution is -2.43. The zero-order valence-electron chi connectivity index (χ0n) is 12.8. The molecule has 1 aromatic heterocycles. The van der Waals surface area contributed by atoms with Crippen molar-refractivity contribution in [1.82, 2.24) is 5.32 Å². The predicted molar refractivity (Wildman–Crippen MR) is 88.6 cm³/mol. The maximum absolute atomic E-state index is 6.31. The average molecular weight is 309 g/mol. The topological polar surface area (TPSA) is 43.6 Å². The summed E-state index contributed by atoms with van der Waals surface area (Å²) in [6.07, 6.45) is 1.54. The Morgan fingerprint density at radius 3 is 2.83 bits per heavy atom. The van der Waals surface area contributed by atoms with Crippen LogP contribution in [0.15, 0.2) is 65.3 Å². The highest BCUT2D eigenvalue weighted by Crippen LogP contribution is 2.29. The minimum absolute atomic E-state index is 0.00815. The molecule has 3 aromatic rings. The molecule has 118 valence electrons. The van der Waals surface area contributed by atoms with E-state index < -0.39 is 0 Å². The molecule has 4 rings (SSSR count). The van der Waals surface area contributed by atoms with Gasteiger partial charge in [-0.2, -0.15) is 0 Å². The van der Waals surface area contributed by atoms with Gasteiger partial charge in [-0.25, -0.2) is 0 Å². The van der Waals surface area contributed by atoms with Gasteiger partial charge >= 0.3 is 0 Å². The van der Waals surface area contributed by atoms with E-state index in [1.54, 1.807) is 6.26 Å². The molecular weight excluding hydrogens is 290 g/mol. The van der Waals surface area contributed by atoms with E-state index in [2.05, 4.69) is 17.4 Å². The van der Waals surface area contributed by atoms with Gasteiger partial charge in [-0.3, -0.25) is 0 Å². The van der Waals surface area contributed by atoms with Crippen LogP contribution in [0.5, 0.6) is 5.75 Å².